The van der Waals surface area contributed by atoms with Crippen LogP contribution < -0.4 is 10.5 Å². The van der Waals surface area contributed by atoms with Crippen molar-refractivity contribution in [2.75, 3.05) is 0 Å². The van der Waals surface area contributed by atoms with Crippen LogP contribution in [0.2, 0.25) is 4.34 Å². The van der Waals surface area contributed by atoms with Crippen LogP contribution in [0, 0.1) is 0 Å². The molecule has 0 saturated carbocycles. The summed E-state index contributed by atoms with van der Waals surface area (Å²) >= 11 is 7.16. The van der Waals surface area contributed by atoms with Crippen molar-refractivity contribution in [2.24, 2.45) is 5.14 Å². The minimum Gasteiger partial charge on any atom is -0.348 e. The highest BCUT2D eigenvalue weighted by molar-refractivity contribution is 7.89. The van der Waals surface area contributed by atoms with Crippen LogP contribution >= 0.6 is 22.9 Å². The lowest BCUT2D eigenvalue weighted by atomic mass is 10.2. The van der Waals surface area contributed by atoms with E-state index >= 15 is 0 Å². The smallest absolute Gasteiger partial charge is 0.244 e. The normalized spacial score (nSPS) is 11.7. The Labute approximate surface area is 137 Å². The summed E-state index contributed by atoms with van der Waals surface area (Å²) in [7, 11) is -3.75. The molecule has 0 aliphatic heterocycles. The summed E-state index contributed by atoms with van der Waals surface area (Å²) in [5.41, 5.74) is 0.646. The number of nitrogens with two attached hydrogens (primary N) is 1. The van der Waals surface area contributed by atoms with Gasteiger partial charge in [0.15, 0.2) is 0 Å². The summed E-state index contributed by atoms with van der Waals surface area (Å²) in [4.78, 5) is 12.6. The maximum atomic E-state index is 11.7. The zero-order chi connectivity index (χ0) is 16.2. The van der Waals surface area contributed by atoms with Crippen molar-refractivity contribution >= 4 is 44.9 Å². The van der Waals surface area contributed by atoms with Crippen molar-refractivity contribution in [2.45, 2.75) is 11.4 Å². The highest BCUT2D eigenvalue weighted by Gasteiger charge is 2.08. The number of hydrogen-bond acceptors (Lipinski definition) is 4. The molecule has 22 heavy (non-hydrogen) atoms. The Bertz CT molecular complexity index is 813. The maximum absolute atomic E-state index is 11.7. The lowest BCUT2D eigenvalue weighted by Crippen LogP contribution is -2.20. The number of thiophene rings is 1. The Morgan fingerprint density at radius 1 is 1.32 bits per heavy atom. The van der Waals surface area contributed by atoms with Crippen LogP contribution in [-0.2, 0) is 21.4 Å². The van der Waals surface area contributed by atoms with E-state index in [1.54, 1.807) is 24.3 Å². The summed E-state index contributed by atoms with van der Waals surface area (Å²) in [5, 5.41) is 7.72. The number of carbonyl (C=O) groups is 1. The first-order valence-electron chi connectivity index (χ1n) is 6.17. The molecule has 5 nitrogen and oxygen atoms in total. The minimum atomic E-state index is -3.75. The fourth-order valence-electron chi connectivity index (χ4n) is 1.66. The van der Waals surface area contributed by atoms with Gasteiger partial charge in [-0.15, -0.1) is 11.3 Å². The quantitative estimate of drug-likeness (QED) is 0.806. The molecule has 0 radical (unpaired) electrons. The van der Waals surface area contributed by atoms with E-state index in [2.05, 4.69) is 5.32 Å². The van der Waals surface area contributed by atoms with E-state index in [0.717, 1.165) is 4.88 Å². The molecule has 8 heteroatoms. The van der Waals surface area contributed by atoms with Gasteiger partial charge in [-0.25, -0.2) is 13.6 Å². The second-order valence-corrected chi connectivity index (χ2v) is 7.69. The average molecular weight is 357 g/mol. The molecule has 0 saturated heterocycles. The monoisotopic (exact) mass is 356 g/mol. The number of benzene rings is 1. The predicted octanol–water partition coefficient (Wildman–Crippen LogP) is 2.38. The molecule has 2 aromatic rings. The lowest BCUT2D eigenvalue weighted by molar-refractivity contribution is -0.116. The van der Waals surface area contributed by atoms with Gasteiger partial charge in [0, 0.05) is 17.5 Å². The highest BCUT2D eigenvalue weighted by Crippen LogP contribution is 2.22. The van der Waals surface area contributed by atoms with Gasteiger partial charge in [0.05, 0.1) is 9.23 Å². The van der Waals surface area contributed by atoms with Crippen LogP contribution in [0.3, 0.4) is 0 Å². The van der Waals surface area contributed by atoms with Crippen LogP contribution in [0.15, 0.2) is 47.4 Å². The first kappa shape index (κ1) is 16.7. The summed E-state index contributed by atoms with van der Waals surface area (Å²) in [6, 6.07) is 9.68. The highest BCUT2D eigenvalue weighted by atomic mass is 35.5. The van der Waals surface area contributed by atoms with Gasteiger partial charge in [-0.2, -0.15) is 0 Å². The van der Waals surface area contributed by atoms with Crippen molar-refractivity contribution in [3.63, 3.8) is 0 Å². The van der Waals surface area contributed by atoms with E-state index in [0.29, 0.717) is 9.90 Å². The van der Waals surface area contributed by atoms with Crippen LogP contribution in [0.1, 0.15) is 10.4 Å². The first-order chi connectivity index (χ1) is 10.3. The van der Waals surface area contributed by atoms with Gasteiger partial charge < -0.3 is 5.32 Å². The zero-order valence-electron chi connectivity index (χ0n) is 11.3. The number of halogens is 1. The molecule has 0 bridgehead atoms. The third kappa shape index (κ3) is 4.96. The first-order valence-corrected chi connectivity index (χ1v) is 8.92. The third-order valence-corrected chi connectivity index (χ3v) is 4.79. The standard InChI is InChI=1S/C14H13ClN2O3S2/c15-13-6-4-11(21-13)5-7-14(18)17-9-10-2-1-3-12(8-10)22(16,19)20/h1-8H,9H2,(H,17,18)(H2,16,19,20). The fourth-order valence-corrected chi connectivity index (χ4v) is 3.20. The molecule has 2 rings (SSSR count). The maximum Gasteiger partial charge on any atom is 0.244 e. The van der Waals surface area contributed by atoms with Gasteiger partial charge in [-0.3, -0.25) is 4.79 Å². The van der Waals surface area contributed by atoms with E-state index in [-0.39, 0.29) is 17.3 Å². The van der Waals surface area contributed by atoms with E-state index in [1.807, 2.05) is 6.07 Å². The molecule has 0 atom stereocenters. The van der Waals surface area contributed by atoms with E-state index in [1.165, 1.54) is 29.5 Å². The molecule has 1 amide bonds. The topological polar surface area (TPSA) is 89.3 Å². The number of nitrogens with one attached hydrogen (secondary N) is 1. The summed E-state index contributed by atoms with van der Waals surface area (Å²) < 4.78 is 23.2. The Morgan fingerprint density at radius 2 is 2.09 bits per heavy atom. The van der Waals surface area contributed by atoms with Crippen molar-refractivity contribution in [3.8, 4) is 0 Å². The van der Waals surface area contributed by atoms with E-state index in [9.17, 15) is 13.2 Å². The average Bonchev–Trinajstić information content (AvgIpc) is 2.88. The van der Waals surface area contributed by atoms with E-state index in [4.69, 9.17) is 16.7 Å². The van der Waals surface area contributed by atoms with Crippen molar-refractivity contribution < 1.29 is 13.2 Å². The summed E-state index contributed by atoms with van der Waals surface area (Å²) in [5.74, 6) is -0.287. The molecule has 1 heterocycles. The zero-order valence-corrected chi connectivity index (χ0v) is 13.7. The molecule has 0 aliphatic rings. The SMILES string of the molecule is NS(=O)(=O)c1cccc(CNC(=O)C=Cc2ccc(Cl)s2)c1. The van der Waals surface area contributed by atoms with Gasteiger partial charge in [-0.1, -0.05) is 23.7 Å². The van der Waals surface area contributed by atoms with Crippen LogP contribution in [0.4, 0.5) is 0 Å². The fraction of sp³-hybridized carbons (Fsp3) is 0.0714. The Kier molecular flexibility index (Phi) is 5.36. The second kappa shape index (κ2) is 7.06. The molecule has 0 aliphatic carbocycles. The minimum absolute atomic E-state index is 0.0167. The lowest BCUT2D eigenvalue weighted by Gasteiger charge is -2.04. The van der Waals surface area contributed by atoms with Gasteiger partial charge in [-0.05, 0) is 35.9 Å². The van der Waals surface area contributed by atoms with Gasteiger partial charge >= 0.3 is 0 Å². The van der Waals surface area contributed by atoms with Crippen LogP contribution in [0.25, 0.3) is 6.08 Å². The Hall–Kier alpha value is -1.67. The second-order valence-electron chi connectivity index (χ2n) is 4.39. The molecule has 116 valence electrons. The summed E-state index contributed by atoms with van der Waals surface area (Å²) in [6.07, 6.45) is 3.05. The Morgan fingerprint density at radius 3 is 2.73 bits per heavy atom. The number of primary sulfonamides is 1. The number of amides is 1. The molecular formula is C14H13ClN2O3S2. The number of carbonyl (C=O) groups excluding carboxylic acids is 1. The van der Waals surface area contributed by atoms with Crippen LogP contribution in [-0.4, -0.2) is 14.3 Å². The van der Waals surface area contributed by atoms with Gasteiger partial charge in [0.2, 0.25) is 15.9 Å². The third-order valence-electron chi connectivity index (χ3n) is 2.69. The number of sulfonamides is 1. The number of rotatable bonds is 5. The largest absolute Gasteiger partial charge is 0.348 e. The molecule has 0 unspecified atom stereocenters. The molecular weight excluding hydrogens is 344 g/mol. The van der Waals surface area contributed by atoms with Crippen molar-refractivity contribution in [1.82, 2.24) is 5.32 Å². The van der Waals surface area contributed by atoms with Gasteiger partial charge in [0.25, 0.3) is 0 Å². The van der Waals surface area contributed by atoms with Crippen molar-refractivity contribution in [3.05, 3.63) is 57.3 Å². The molecule has 1 aromatic carbocycles. The summed E-state index contributed by atoms with van der Waals surface area (Å²) in [6.45, 7) is 0.206. The predicted molar refractivity (Wildman–Crippen MR) is 88.0 cm³/mol. The molecule has 3 N–H and O–H groups in total. The Balaban J connectivity index is 1.95. The van der Waals surface area contributed by atoms with Crippen LogP contribution in [0.5, 0.6) is 0 Å². The molecule has 0 spiro atoms. The number of hydrogen-bond donors (Lipinski definition) is 2. The van der Waals surface area contributed by atoms with Crippen molar-refractivity contribution in [1.29, 1.82) is 0 Å². The van der Waals surface area contributed by atoms with E-state index < -0.39 is 10.0 Å². The molecule has 1 aromatic heterocycles. The molecule has 0 fully saturated rings. The van der Waals surface area contributed by atoms with Gasteiger partial charge in [0.1, 0.15) is 0 Å².